The molecule has 0 spiro atoms. The van der Waals surface area contributed by atoms with Crippen molar-refractivity contribution < 1.29 is 0 Å². The molecule has 54 heavy (non-hydrogen) atoms. The summed E-state index contributed by atoms with van der Waals surface area (Å²) in [6, 6.07) is 70.6. The van der Waals surface area contributed by atoms with E-state index in [4.69, 9.17) is 0 Å². The number of hydrogen-bond donors (Lipinski definition) is 0. The first kappa shape index (κ1) is 31.3. The highest BCUT2D eigenvalue weighted by atomic mass is 15.0. The molecule has 250 valence electrons. The molecule has 1 aromatic heterocycles. The SMILES string of the molecule is N#Cc1cc(C#N)c2c(c1-n1c3ccc(-c4ccccc4)cc3c3cc(-c4ccccc4)ccc31)-c1ccccc1C2(c1ccccc1)c1ccccc1. The van der Waals surface area contributed by atoms with E-state index < -0.39 is 5.41 Å². The normalized spacial score (nSPS) is 12.6. The molecule has 1 aliphatic carbocycles. The largest absolute Gasteiger partial charge is 0.307 e. The van der Waals surface area contributed by atoms with Crippen molar-refractivity contribution in [2.75, 3.05) is 0 Å². The lowest BCUT2D eigenvalue weighted by Gasteiger charge is -2.34. The minimum absolute atomic E-state index is 0.454. The molecule has 0 bridgehead atoms. The summed E-state index contributed by atoms with van der Waals surface area (Å²) in [6.07, 6.45) is 0. The maximum absolute atomic E-state index is 11.0. The average molecular weight is 686 g/mol. The molecule has 3 heteroatoms. The molecule has 0 saturated carbocycles. The summed E-state index contributed by atoms with van der Waals surface area (Å²) >= 11 is 0. The first-order chi connectivity index (χ1) is 26.7. The molecule has 9 aromatic rings. The number of benzene rings is 8. The predicted octanol–water partition coefficient (Wildman–Crippen LogP) is 12.2. The van der Waals surface area contributed by atoms with Crippen LogP contribution < -0.4 is 0 Å². The van der Waals surface area contributed by atoms with Gasteiger partial charge in [-0.25, -0.2) is 0 Å². The number of hydrogen-bond acceptors (Lipinski definition) is 2. The molecular formula is C51H31N3. The van der Waals surface area contributed by atoms with Gasteiger partial charge in [-0.3, -0.25) is 0 Å². The van der Waals surface area contributed by atoms with Crippen LogP contribution in [0.3, 0.4) is 0 Å². The van der Waals surface area contributed by atoms with Crippen molar-refractivity contribution in [3.8, 4) is 51.2 Å². The Morgan fingerprint density at radius 3 is 1.39 bits per heavy atom. The van der Waals surface area contributed by atoms with Crippen LogP contribution in [0.1, 0.15) is 33.4 Å². The van der Waals surface area contributed by atoms with Gasteiger partial charge in [-0.1, -0.05) is 158 Å². The molecule has 0 saturated heterocycles. The van der Waals surface area contributed by atoms with Gasteiger partial charge in [-0.05, 0) is 80.4 Å². The Kier molecular flexibility index (Phi) is 7.15. The van der Waals surface area contributed by atoms with Crippen LogP contribution >= 0.6 is 0 Å². The summed E-state index contributed by atoms with van der Waals surface area (Å²) in [6.45, 7) is 0. The van der Waals surface area contributed by atoms with Gasteiger partial charge in [0.15, 0.2) is 0 Å². The van der Waals surface area contributed by atoms with Gasteiger partial charge >= 0.3 is 0 Å². The van der Waals surface area contributed by atoms with Crippen molar-refractivity contribution in [2.45, 2.75) is 5.41 Å². The molecule has 0 N–H and O–H groups in total. The standard InChI is InChI=1S/C51H31N3/c52-32-38-29-39(33-53)50(48-42-23-13-14-24-45(42)51(49(38)48,40-19-9-3-10-20-40)41-21-11-4-12-22-41)54-46-27-25-36(34-15-5-1-6-16-34)30-43(46)44-31-37(26-28-47(44)54)35-17-7-2-8-18-35/h1-31H. The van der Waals surface area contributed by atoms with Crippen molar-refractivity contribution >= 4 is 21.8 Å². The third-order valence-corrected chi connectivity index (χ3v) is 11.1. The van der Waals surface area contributed by atoms with E-state index in [2.05, 4.69) is 174 Å². The lowest BCUT2D eigenvalue weighted by molar-refractivity contribution is 0.765. The third kappa shape index (κ3) is 4.46. The van der Waals surface area contributed by atoms with Crippen molar-refractivity contribution in [1.82, 2.24) is 4.57 Å². The summed E-state index contributed by atoms with van der Waals surface area (Å²) in [7, 11) is 0. The van der Waals surface area contributed by atoms with Crippen LogP contribution in [-0.4, -0.2) is 4.57 Å². The maximum atomic E-state index is 11.0. The molecule has 0 radical (unpaired) electrons. The fraction of sp³-hybridized carbons (Fsp3) is 0.0196. The van der Waals surface area contributed by atoms with Gasteiger partial charge in [-0.2, -0.15) is 10.5 Å². The summed E-state index contributed by atoms with van der Waals surface area (Å²) in [5.41, 5.74) is 13.5. The number of fused-ring (bicyclic) bond motifs is 6. The predicted molar refractivity (Wildman–Crippen MR) is 218 cm³/mol. The second-order valence-electron chi connectivity index (χ2n) is 13.9. The molecule has 3 nitrogen and oxygen atoms in total. The lowest BCUT2D eigenvalue weighted by atomic mass is 9.66. The zero-order valence-corrected chi connectivity index (χ0v) is 29.2. The van der Waals surface area contributed by atoms with Crippen molar-refractivity contribution in [3.63, 3.8) is 0 Å². The van der Waals surface area contributed by atoms with Gasteiger partial charge < -0.3 is 4.57 Å². The Bertz CT molecular complexity index is 2850. The van der Waals surface area contributed by atoms with E-state index in [1.807, 2.05) is 30.3 Å². The van der Waals surface area contributed by atoms with E-state index in [1.54, 1.807) is 0 Å². The fourth-order valence-corrected chi connectivity index (χ4v) is 8.92. The Balaban J connectivity index is 1.38. The molecule has 1 aliphatic rings. The highest BCUT2D eigenvalue weighted by molar-refractivity contribution is 6.13. The summed E-state index contributed by atoms with van der Waals surface area (Å²) in [4.78, 5) is 0. The second kappa shape index (κ2) is 12.3. The molecule has 0 aliphatic heterocycles. The van der Waals surface area contributed by atoms with Gasteiger partial charge in [0, 0.05) is 16.3 Å². The molecule has 10 rings (SSSR count). The van der Waals surface area contributed by atoms with E-state index in [0.717, 1.165) is 83.1 Å². The average Bonchev–Trinajstić information content (AvgIpc) is 3.75. The molecule has 0 unspecified atom stereocenters. The third-order valence-electron chi connectivity index (χ3n) is 11.1. The minimum Gasteiger partial charge on any atom is -0.307 e. The second-order valence-corrected chi connectivity index (χ2v) is 13.9. The molecule has 0 fully saturated rings. The molecule has 0 atom stereocenters. The number of nitrogens with zero attached hydrogens (tertiary/aromatic N) is 3. The van der Waals surface area contributed by atoms with Crippen molar-refractivity contribution in [3.05, 3.63) is 221 Å². The van der Waals surface area contributed by atoms with Crippen molar-refractivity contribution in [1.29, 1.82) is 10.5 Å². The molecule has 0 amide bonds. The number of rotatable bonds is 5. The van der Waals surface area contributed by atoms with Crippen LogP contribution in [0.25, 0.3) is 60.9 Å². The maximum Gasteiger partial charge on any atom is 0.101 e. The summed E-state index contributed by atoms with van der Waals surface area (Å²) in [5, 5.41) is 24.2. The van der Waals surface area contributed by atoms with Crippen molar-refractivity contribution in [2.24, 2.45) is 0 Å². The highest BCUT2D eigenvalue weighted by Gasteiger charge is 2.49. The molecular weight excluding hydrogens is 655 g/mol. The highest BCUT2D eigenvalue weighted by Crippen LogP contribution is 2.59. The van der Waals surface area contributed by atoms with Crippen LogP contribution in [0, 0.1) is 22.7 Å². The van der Waals surface area contributed by atoms with Gasteiger partial charge in [0.05, 0.1) is 39.3 Å². The zero-order chi connectivity index (χ0) is 36.2. The van der Waals surface area contributed by atoms with E-state index in [-0.39, 0.29) is 0 Å². The minimum atomic E-state index is -0.804. The van der Waals surface area contributed by atoms with Gasteiger partial charge in [0.2, 0.25) is 0 Å². The van der Waals surface area contributed by atoms with Crippen LogP contribution in [0.5, 0.6) is 0 Å². The number of aromatic nitrogens is 1. The van der Waals surface area contributed by atoms with Gasteiger partial charge in [0.25, 0.3) is 0 Å². The Hall–Kier alpha value is -7.46. The Morgan fingerprint density at radius 1 is 0.426 bits per heavy atom. The van der Waals surface area contributed by atoms with Crippen LogP contribution in [0.15, 0.2) is 188 Å². The molecule has 8 aromatic carbocycles. The first-order valence-electron chi connectivity index (χ1n) is 18.1. The zero-order valence-electron chi connectivity index (χ0n) is 29.2. The number of nitriles is 2. The Morgan fingerprint density at radius 2 is 0.889 bits per heavy atom. The summed E-state index contributed by atoms with van der Waals surface area (Å²) < 4.78 is 2.27. The van der Waals surface area contributed by atoms with Crippen LogP contribution in [0.2, 0.25) is 0 Å². The van der Waals surface area contributed by atoms with Crippen LogP contribution in [0.4, 0.5) is 0 Å². The molecule has 1 heterocycles. The van der Waals surface area contributed by atoms with E-state index >= 15 is 0 Å². The quantitative estimate of drug-likeness (QED) is 0.181. The van der Waals surface area contributed by atoms with Crippen LogP contribution in [-0.2, 0) is 5.41 Å². The smallest absolute Gasteiger partial charge is 0.101 e. The monoisotopic (exact) mass is 685 g/mol. The first-order valence-corrected chi connectivity index (χ1v) is 18.1. The Labute approximate surface area is 313 Å². The van der Waals surface area contributed by atoms with Gasteiger partial charge in [0.1, 0.15) is 6.07 Å². The van der Waals surface area contributed by atoms with E-state index in [0.29, 0.717) is 11.1 Å². The fourth-order valence-electron chi connectivity index (χ4n) is 8.92. The lowest BCUT2D eigenvalue weighted by Crippen LogP contribution is -2.29. The summed E-state index contributed by atoms with van der Waals surface area (Å²) in [5.74, 6) is 0. The van der Waals surface area contributed by atoms with Gasteiger partial charge in [-0.15, -0.1) is 0 Å². The van der Waals surface area contributed by atoms with E-state index in [1.165, 1.54) is 0 Å². The van der Waals surface area contributed by atoms with E-state index in [9.17, 15) is 10.5 Å². The topological polar surface area (TPSA) is 52.5 Å².